The van der Waals surface area contributed by atoms with Crippen molar-refractivity contribution in [2.45, 2.75) is 51.5 Å². The number of carbonyl (C=O) groups excluding carboxylic acids is 1. The Morgan fingerprint density at radius 1 is 1.05 bits per heavy atom. The van der Waals surface area contributed by atoms with Gasteiger partial charge in [-0.15, -0.1) is 11.3 Å². The van der Waals surface area contributed by atoms with Crippen LogP contribution in [-0.4, -0.2) is 93.7 Å². The lowest BCUT2D eigenvalue weighted by atomic mass is 10.0. The monoisotopic (exact) mass is 624 g/mol. The molecule has 2 aliphatic heterocycles. The van der Waals surface area contributed by atoms with E-state index in [1.807, 2.05) is 6.07 Å². The molecule has 0 saturated carbocycles. The molecule has 1 aromatic carbocycles. The number of amides is 1. The van der Waals surface area contributed by atoms with E-state index in [1.54, 1.807) is 11.0 Å². The third-order valence-corrected chi connectivity index (χ3v) is 9.79. The molecule has 0 unspecified atom stereocenters. The SMILES string of the molecule is Cc1cc2c(cc1CN1CCC(Nc3ncnc4sc(CC(F)(F)F)cc34)CC1)cc(C#N)n2CCN1CCN(C=O)CC1. The molecule has 5 heterocycles. The largest absolute Gasteiger partial charge is 0.393 e. The van der Waals surface area contributed by atoms with Crippen LogP contribution < -0.4 is 5.32 Å². The molecule has 0 spiro atoms. The predicted octanol–water partition coefficient (Wildman–Crippen LogP) is 4.78. The maximum atomic E-state index is 12.9. The highest BCUT2D eigenvalue weighted by Gasteiger charge is 2.29. The number of benzene rings is 1. The van der Waals surface area contributed by atoms with E-state index >= 15 is 0 Å². The highest BCUT2D eigenvalue weighted by Crippen LogP contribution is 2.33. The molecule has 2 saturated heterocycles. The van der Waals surface area contributed by atoms with Gasteiger partial charge in [0.2, 0.25) is 6.41 Å². The number of nitriles is 1. The van der Waals surface area contributed by atoms with Crippen molar-refractivity contribution in [2.24, 2.45) is 0 Å². The molecule has 4 aromatic rings. The van der Waals surface area contributed by atoms with Crippen molar-refractivity contribution in [3.63, 3.8) is 0 Å². The Balaban J connectivity index is 1.07. The van der Waals surface area contributed by atoms with Crippen LogP contribution in [-0.2, 0) is 24.3 Å². The number of thiophene rings is 1. The van der Waals surface area contributed by atoms with Gasteiger partial charge in [-0.05, 0) is 55.2 Å². The van der Waals surface area contributed by atoms with E-state index < -0.39 is 12.6 Å². The second kappa shape index (κ2) is 12.7. The molecule has 0 aliphatic carbocycles. The molecule has 0 bridgehead atoms. The zero-order valence-electron chi connectivity index (χ0n) is 24.6. The molecular formula is C31H35F3N8OS. The Hall–Kier alpha value is -3.73. The molecule has 2 aliphatic rings. The number of alkyl halides is 3. The van der Waals surface area contributed by atoms with Crippen LogP contribution in [0.4, 0.5) is 19.0 Å². The predicted molar refractivity (Wildman–Crippen MR) is 165 cm³/mol. The molecular weight excluding hydrogens is 589 g/mol. The molecule has 3 aromatic heterocycles. The second-order valence-electron chi connectivity index (χ2n) is 11.8. The summed E-state index contributed by atoms with van der Waals surface area (Å²) in [4.78, 5) is 26.9. The van der Waals surface area contributed by atoms with Crippen molar-refractivity contribution in [1.82, 2.24) is 29.2 Å². The fourth-order valence-electron chi connectivity index (χ4n) is 6.27. The summed E-state index contributed by atoms with van der Waals surface area (Å²) in [6, 6.07) is 10.5. The first kappa shape index (κ1) is 30.3. The third kappa shape index (κ3) is 6.82. The Bertz CT molecular complexity index is 1680. The third-order valence-electron chi connectivity index (χ3n) is 8.75. The quantitative estimate of drug-likeness (QED) is 0.268. The molecule has 44 heavy (non-hydrogen) atoms. The number of likely N-dealkylation sites (tertiary alicyclic amines) is 1. The number of carbonyl (C=O) groups is 1. The Morgan fingerprint density at radius 3 is 2.52 bits per heavy atom. The number of halogens is 3. The fourth-order valence-corrected chi connectivity index (χ4v) is 7.30. The topological polar surface area (TPSA) is 93.3 Å². The second-order valence-corrected chi connectivity index (χ2v) is 12.9. The van der Waals surface area contributed by atoms with Crippen molar-refractivity contribution < 1.29 is 18.0 Å². The Kier molecular flexibility index (Phi) is 8.75. The average Bonchev–Trinajstić information content (AvgIpc) is 3.57. The van der Waals surface area contributed by atoms with Gasteiger partial charge in [-0.2, -0.15) is 18.4 Å². The van der Waals surface area contributed by atoms with E-state index in [1.165, 1.54) is 17.5 Å². The number of fused-ring (bicyclic) bond motifs is 2. The molecule has 13 heteroatoms. The summed E-state index contributed by atoms with van der Waals surface area (Å²) >= 11 is 1.06. The van der Waals surface area contributed by atoms with Gasteiger partial charge in [0.15, 0.2) is 0 Å². The van der Waals surface area contributed by atoms with Gasteiger partial charge in [-0.3, -0.25) is 14.6 Å². The smallest absolute Gasteiger partial charge is 0.367 e. The van der Waals surface area contributed by atoms with Gasteiger partial charge in [0.25, 0.3) is 0 Å². The van der Waals surface area contributed by atoms with Crippen LogP contribution in [0.1, 0.15) is 34.5 Å². The van der Waals surface area contributed by atoms with Gasteiger partial charge in [-0.25, -0.2) is 9.97 Å². The van der Waals surface area contributed by atoms with Gasteiger partial charge in [-0.1, -0.05) is 0 Å². The van der Waals surface area contributed by atoms with E-state index in [-0.39, 0.29) is 10.9 Å². The van der Waals surface area contributed by atoms with E-state index in [0.717, 1.165) is 100 Å². The molecule has 1 N–H and O–H groups in total. The van der Waals surface area contributed by atoms with Crippen LogP contribution in [0.2, 0.25) is 0 Å². The van der Waals surface area contributed by atoms with Gasteiger partial charge in [0.1, 0.15) is 28.7 Å². The number of aromatic nitrogens is 3. The van der Waals surface area contributed by atoms with Crippen molar-refractivity contribution in [2.75, 3.05) is 51.1 Å². The van der Waals surface area contributed by atoms with Crippen LogP contribution in [0.3, 0.4) is 0 Å². The lowest BCUT2D eigenvalue weighted by Gasteiger charge is -2.33. The Morgan fingerprint density at radius 2 is 1.82 bits per heavy atom. The minimum absolute atomic E-state index is 0.174. The van der Waals surface area contributed by atoms with Crippen molar-refractivity contribution in [1.29, 1.82) is 5.26 Å². The van der Waals surface area contributed by atoms with E-state index in [9.17, 15) is 23.2 Å². The molecule has 6 rings (SSSR count). The molecule has 0 atom stereocenters. The summed E-state index contributed by atoms with van der Waals surface area (Å²) in [7, 11) is 0. The number of anilines is 1. The van der Waals surface area contributed by atoms with Crippen molar-refractivity contribution in [3.8, 4) is 6.07 Å². The van der Waals surface area contributed by atoms with E-state index in [0.29, 0.717) is 21.7 Å². The van der Waals surface area contributed by atoms with Gasteiger partial charge < -0.3 is 14.8 Å². The van der Waals surface area contributed by atoms with Crippen LogP contribution in [0.15, 0.2) is 30.6 Å². The fraction of sp³-hybridized carbons (Fsp3) is 0.484. The number of hydrogen-bond acceptors (Lipinski definition) is 8. The number of hydrogen-bond donors (Lipinski definition) is 1. The standard InChI is InChI=1S/C31H35F3N8OS/c1-21-12-28-22(14-25(17-35)42(28)11-10-39-6-8-41(20-43)9-7-39)13-23(21)18-40-4-2-24(3-5-40)38-29-27-15-26(16-31(32,33)34)44-30(27)37-19-36-29/h12-15,19-20,24H,2-11,16,18H2,1H3,(H,36,37,38). The summed E-state index contributed by atoms with van der Waals surface area (Å²) in [5, 5.41) is 15.0. The molecule has 232 valence electrons. The summed E-state index contributed by atoms with van der Waals surface area (Å²) < 4.78 is 40.9. The maximum absolute atomic E-state index is 12.9. The van der Waals surface area contributed by atoms with E-state index in [4.69, 9.17) is 0 Å². The average molecular weight is 625 g/mol. The number of nitrogens with one attached hydrogen (secondary N) is 1. The van der Waals surface area contributed by atoms with Gasteiger partial charge in [0, 0.05) is 80.7 Å². The normalized spacial score (nSPS) is 17.4. The van der Waals surface area contributed by atoms with Gasteiger partial charge in [0.05, 0.1) is 11.8 Å². The summed E-state index contributed by atoms with van der Waals surface area (Å²) in [5.74, 6) is 0.598. The Labute approximate surface area is 257 Å². The van der Waals surface area contributed by atoms with Crippen molar-refractivity contribution in [3.05, 3.63) is 52.3 Å². The first-order valence-corrected chi connectivity index (χ1v) is 15.7. The number of nitrogens with zero attached hydrogens (tertiary/aromatic N) is 7. The lowest BCUT2D eigenvalue weighted by Crippen LogP contribution is -2.46. The first-order valence-electron chi connectivity index (χ1n) is 14.9. The minimum Gasteiger partial charge on any atom is -0.367 e. The minimum atomic E-state index is -4.26. The van der Waals surface area contributed by atoms with E-state index in [2.05, 4.69) is 54.8 Å². The summed E-state index contributed by atoms with van der Waals surface area (Å²) in [6.07, 6.45) is -1.11. The number of rotatable bonds is 9. The number of piperidine rings is 1. The number of aryl methyl sites for hydroxylation is 1. The highest BCUT2D eigenvalue weighted by atomic mass is 32.1. The zero-order chi connectivity index (χ0) is 30.8. The molecule has 0 radical (unpaired) electrons. The van der Waals surface area contributed by atoms with Crippen molar-refractivity contribution >= 4 is 44.7 Å². The number of piperazine rings is 1. The lowest BCUT2D eigenvalue weighted by molar-refractivity contribution is -0.126. The van der Waals surface area contributed by atoms with Gasteiger partial charge >= 0.3 is 6.18 Å². The molecule has 9 nitrogen and oxygen atoms in total. The van der Waals surface area contributed by atoms with Crippen LogP contribution in [0.5, 0.6) is 0 Å². The van der Waals surface area contributed by atoms with Crippen LogP contribution in [0.25, 0.3) is 21.1 Å². The molecule has 2 fully saturated rings. The zero-order valence-corrected chi connectivity index (χ0v) is 25.4. The maximum Gasteiger partial charge on any atom is 0.393 e. The molecule has 1 amide bonds. The highest BCUT2D eigenvalue weighted by molar-refractivity contribution is 7.18. The van der Waals surface area contributed by atoms with Crippen LogP contribution >= 0.6 is 11.3 Å². The summed E-state index contributed by atoms with van der Waals surface area (Å²) in [6.45, 7) is 9.42. The summed E-state index contributed by atoms with van der Waals surface area (Å²) in [5.41, 5.74) is 4.16. The first-order chi connectivity index (χ1) is 21.2. The van der Waals surface area contributed by atoms with Crippen LogP contribution in [0, 0.1) is 18.3 Å².